The Morgan fingerprint density at radius 2 is 1.85 bits per heavy atom. The van der Waals surface area contributed by atoms with Gasteiger partial charge in [-0.25, -0.2) is 4.39 Å². The van der Waals surface area contributed by atoms with Crippen LogP contribution in [-0.4, -0.2) is 60.9 Å². The fourth-order valence-electron chi connectivity index (χ4n) is 4.98. The van der Waals surface area contributed by atoms with Gasteiger partial charge in [-0.15, -0.1) is 0 Å². The van der Waals surface area contributed by atoms with E-state index >= 15 is 0 Å². The Labute approximate surface area is 196 Å². The molecule has 188 valence electrons. The zero-order chi connectivity index (χ0) is 24.3. The molecule has 34 heavy (non-hydrogen) atoms. The van der Waals surface area contributed by atoms with Gasteiger partial charge in [0.1, 0.15) is 5.82 Å². The topological polar surface area (TPSA) is 61.6 Å². The van der Waals surface area contributed by atoms with Crippen molar-refractivity contribution in [1.82, 2.24) is 15.4 Å². The molecule has 0 spiro atoms. The van der Waals surface area contributed by atoms with Crippen molar-refractivity contribution in [3.05, 3.63) is 23.5 Å². The number of hydrogen-bond acceptors (Lipinski definition) is 5. The second kappa shape index (κ2) is 10.5. The van der Waals surface area contributed by atoms with E-state index in [0.29, 0.717) is 17.1 Å². The zero-order valence-corrected chi connectivity index (χ0v) is 19.5. The summed E-state index contributed by atoms with van der Waals surface area (Å²) in [6, 6.07) is 3.17. The average molecular weight is 485 g/mol. The Morgan fingerprint density at radius 3 is 2.53 bits per heavy atom. The molecule has 1 aliphatic heterocycles. The van der Waals surface area contributed by atoms with E-state index in [2.05, 4.69) is 20.3 Å². The van der Waals surface area contributed by atoms with Crippen LogP contribution in [-0.2, 0) is 4.79 Å². The molecule has 1 aromatic heterocycles. The van der Waals surface area contributed by atoms with E-state index in [1.165, 1.54) is 6.07 Å². The molecule has 0 radical (unpaired) electrons. The number of fused-ring (bicyclic) bond motifs is 1. The highest BCUT2D eigenvalue weighted by atomic mass is 19.4. The van der Waals surface area contributed by atoms with E-state index < -0.39 is 24.9 Å². The molecule has 1 amide bonds. The Balaban J connectivity index is 1.16. The van der Waals surface area contributed by atoms with Crippen molar-refractivity contribution in [3.63, 3.8) is 0 Å². The van der Waals surface area contributed by atoms with Crippen molar-refractivity contribution in [2.24, 2.45) is 5.92 Å². The van der Waals surface area contributed by atoms with Gasteiger partial charge in [-0.3, -0.25) is 9.69 Å². The lowest BCUT2D eigenvalue weighted by atomic mass is 9.84. The smallest absolute Gasteiger partial charge is 0.354 e. The summed E-state index contributed by atoms with van der Waals surface area (Å²) in [4.78, 5) is 16.4. The SMILES string of the molecule is Cc1cc2c(N3CCN(CC[C@H]4CC[C@H](NC(=O)CCC(F)(F)F)CC4)CC3)noc2cc1F. The van der Waals surface area contributed by atoms with E-state index in [0.717, 1.165) is 76.0 Å². The summed E-state index contributed by atoms with van der Waals surface area (Å²) >= 11 is 0. The van der Waals surface area contributed by atoms with Gasteiger partial charge in [-0.1, -0.05) is 5.16 Å². The van der Waals surface area contributed by atoms with Crippen molar-refractivity contribution in [2.45, 2.75) is 64.1 Å². The molecule has 2 fully saturated rings. The number of hydrogen-bond donors (Lipinski definition) is 1. The largest absolute Gasteiger partial charge is 0.389 e. The van der Waals surface area contributed by atoms with Crippen molar-refractivity contribution in [1.29, 1.82) is 0 Å². The molecule has 1 aliphatic carbocycles. The normalized spacial score (nSPS) is 22.3. The Hall–Kier alpha value is -2.36. The van der Waals surface area contributed by atoms with Crippen LogP contribution in [0.25, 0.3) is 11.0 Å². The molecule has 4 rings (SSSR count). The number of halogens is 4. The molecule has 1 saturated heterocycles. The van der Waals surface area contributed by atoms with Gasteiger partial charge in [-0.05, 0) is 63.1 Å². The standard InChI is InChI=1S/C24H32F4N4O2/c1-16-14-19-21(15-20(16)25)34-30-23(19)32-12-10-31(11-13-32)9-7-17-2-4-18(5-3-17)29-22(33)6-8-24(26,27)28/h14-15,17-18H,2-13H2,1H3,(H,29,33)/t17-,18-. The second-order valence-electron chi connectivity index (χ2n) is 9.62. The Morgan fingerprint density at radius 1 is 1.15 bits per heavy atom. The molecule has 10 heteroatoms. The summed E-state index contributed by atoms with van der Waals surface area (Å²) in [7, 11) is 0. The molecule has 0 unspecified atom stereocenters. The number of aryl methyl sites for hydroxylation is 1. The first kappa shape index (κ1) is 24.8. The monoisotopic (exact) mass is 484 g/mol. The molecule has 1 N–H and O–H groups in total. The first-order valence-electron chi connectivity index (χ1n) is 12.1. The quantitative estimate of drug-likeness (QED) is 0.572. The van der Waals surface area contributed by atoms with E-state index in [1.807, 2.05) is 0 Å². The number of amides is 1. The van der Waals surface area contributed by atoms with E-state index in [-0.39, 0.29) is 11.9 Å². The van der Waals surface area contributed by atoms with Gasteiger partial charge in [0.15, 0.2) is 11.4 Å². The molecule has 0 bridgehead atoms. The van der Waals surface area contributed by atoms with Gasteiger partial charge in [0.05, 0.1) is 11.8 Å². The van der Waals surface area contributed by atoms with Crippen LogP contribution in [0.4, 0.5) is 23.4 Å². The first-order valence-corrected chi connectivity index (χ1v) is 12.1. The number of benzene rings is 1. The maximum Gasteiger partial charge on any atom is 0.389 e. The van der Waals surface area contributed by atoms with Crippen molar-refractivity contribution >= 4 is 22.7 Å². The number of piperazine rings is 1. The summed E-state index contributed by atoms with van der Waals surface area (Å²) in [5, 5.41) is 7.78. The maximum absolute atomic E-state index is 13.8. The average Bonchev–Trinajstić information content (AvgIpc) is 3.20. The molecule has 6 nitrogen and oxygen atoms in total. The predicted octanol–water partition coefficient (Wildman–Crippen LogP) is 4.80. The van der Waals surface area contributed by atoms with Crippen LogP contribution in [0.2, 0.25) is 0 Å². The van der Waals surface area contributed by atoms with Crippen LogP contribution >= 0.6 is 0 Å². The van der Waals surface area contributed by atoms with Crippen molar-refractivity contribution in [2.75, 3.05) is 37.6 Å². The lowest BCUT2D eigenvalue weighted by molar-refractivity contribution is -0.144. The number of nitrogens with one attached hydrogen (secondary N) is 1. The molecular formula is C24H32F4N4O2. The third-order valence-corrected chi connectivity index (χ3v) is 7.11. The van der Waals surface area contributed by atoms with Crippen LogP contribution in [0.15, 0.2) is 16.7 Å². The van der Waals surface area contributed by atoms with Crippen LogP contribution in [0.5, 0.6) is 0 Å². The maximum atomic E-state index is 13.8. The van der Waals surface area contributed by atoms with E-state index in [1.54, 1.807) is 13.0 Å². The molecule has 2 aromatic rings. The second-order valence-corrected chi connectivity index (χ2v) is 9.62. The summed E-state index contributed by atoms with van der Waals surface area (Å²) in [6.07, 6.45) is -1.12. The highest BCUT2D eigenvalue weighted by Crippen LogP contribution is 2.30. The Kier molecular flexibility index (Phi) is 7.64. The minimum atomic E-state index is -4.29. The predicted molar refractivity (Wildman–Crippen MR) is 121 cm³/mol. The molecular weight excluding hydrogens is 452 g/mol. The Bertz CT molecular complexity index is 977. The number of anilines is 1. The number of carbonyl (C=O) groups excluding carboxylic acids is 1. The number of carbonyl (C=O) groups is 1. The van der Waals surface area contributed by atoms with Gasteiger partial charge < -0.3 is 14.7 Å². The summed E-state index contributed by atoms with van der Waals surface area (Å²) in [5.41, 5.74) is 1.04. The van der Waals surface area contributed by atoms with Crippen molar-refractivity contribution in [3.8, 4) is 0 Å². The lowest BCUT2D eigenvalue weighted by Gasteiger charge is -2.36. The van der Waals surface area contributed by atoms with Gasteiger partial charge in [0.25, 0.3) is 0 Å². The van der Waals surface area contributed by atoms with Crippen LogP contribution < -0.4 is 10.2 Å². The molecule has 1 saturated carbocycles. The summed E-state index contributed by atoms with van der Waals surface area (Å²) in [5.74, 6) is 0.559. The minimum absolute atomic E-state index is 0.00470. The number of alkyl halides is 3. The molecule has 1 aromatic carbocycles. The first-order chi connectivity index (χ1) is 16.2. The number of rotatable bonds is 7. The lowest BCUT2D eigenvalue weighted by Crippen LogP contribution is -2.47. The van der Waals surface area contributed by atoms with E-state index in [4.69, 9.17) is 4.52 Å². The fourth-order valence-corrected chi connectivity index (χ4v) is 4.98. The molecule has 2 heterocycles. The third kappa shape index (κ3) is 6.40. The highest BCUT2D eigenvalue weighted by Gasteiger charge is 2.29. The van der Waals surface area contributed by atoms with Gasteiger partial charge in [0.2, 0.25) is 5.91 Å². The van der Waals surface area contributed by atoms with Crippen LogP contribution in [0, 0.1) is 18.7 Å². The molecule has 0 atom stereocenters. The van der Waals surface area contributed by atoms with Gasteiger partial charge >= 0.3 is 6.18 Å². The van der Waals surface area contributed by atoms with Crippen LogP contribution in [0.1, 0.15) is 50.5 Å². The molecule has 2 aliphatic rings. The number of aromatic nitrogens is 1. The zero-order valence-electron chi connectivity index (χ0n) is 19.5. The summed E-state index contributed by atoms with van der Waals surface area (Å²) < 4.78 is 55.9. The fraction of sp³-hybridized carbons (Fsp3) is 0.667. The van der Waals surface area contributed by atoms with Gasteiger partial charge in [0, 0.05) is 44.7 Å². The van der Waals surface area contributed by atoms with Gasteiger partial charge in [-0.2, -0.15) is 13.2 Å². The van der Waals surface area contributed by atoms with E-state index in [9.17, 15) is 22.4 Å². The minimum Gasteiger partial charge on any atom is -0.354 e. The number of nitrogens with zero attached hydrogens (tertiary/aromatic N) is 3. The van der Waals surface area contributed by atoms with Crippen molar-refractivity contribution < 1.29 is 26.9 Å². The third-order valence-electron chi connectivity index (χ3n) is 7.11. The highest BCUT2D eigenvalue weighted by molar-refractivity contribution is 5.89. The summed E-state index contributed by atoms with van der Waals surface area (Å²) in [6.45, 7) is 6.23. The van der Waals surface area contributed by atoms with Crippen LogP contribution in [0.3, 0.4) is 0 Å².